The standard InChI is InChI=1S/C12H23N3.HI/c1-3-15(4-2)12(13)14-11-8-10(11)9-6-5-7-9;/h9-11H,3-8H2,1-2H3,(H2,13,14);1H/t10-,11+;/m0./s1. The first-order chi connectivity index (χ1) is 7.26. The molecule has 16 heavy (non-hydrogen) atoms. The van der Waals surface area contributed by atoms with E-state index >= 15 is 0 Å². The van der Waals surface area contributed by atoms with Crippen LogP contribution in [0.15, 0.2) is 4.99 Å². The number of guanidine groups is 1. The predicted molar refractivity (Wildman–Crippen MR) is 79.2 cm³/mol. The van der Waals surface area contributed by atoms with Gasteiger partial charge in [0.2, 0.25) is 0 Å². The molecule has 0 heterocycles. The summed E-state index contributed by atoms with van der Waals surface area (Å²) in [7, 11) is 0. The molecule has 2 aliphatic carbocycles. The molecule has 0 aromatic carbocycles. The molecule has 2 aliphatic rings. The summed E-state index contributed by atoms with van der Waals surface area (Å²) in [6.07, 6.45) is 5.58. The van der Waals surface area contributed by atoms with Gasteiger partial charge in [-0.2, -0.15) is 0 Å². The summed E-state index contributed by atoms with van der Waals surface area (Å²) in [6, 6.07) is 0.552. The van der Waals surface area contributed by atoms with Crippen molar-refractivity contribution in [2.75, 3.05) is 13.1 Å². The van der Waals surface area contributed by atoms with E-state index in [2.05, 4.69) is 23.7 Å². The number of hydrogen-bond donors (Lipinski definition) is 1. The van der Waals surface area contributed by atoms with Crippen molar-refractivity contribution >= 4 is 29.9 Å². The molecule has 0 aromatic rings. The van der Waals surface area contributed by atoms with Crippen LogP contribution >= 0.6 is 24.0 Å². The first kappa shape index (κ1) is 14.1. The van der Waals surface area contributed by atoms with Gasteiger partial charge in [-0.15, -0.1) is 24.0 Å². The summed E-state index contributed by atoms with van der Waals surface area (Å²) < 4.78 is 0. The van der Waals surface area contributed by atoms with Crippen molar-refractivity contribution in [1.29, 1.82) is 0 Å². The normalized spacial score (nSPS) is 29.2. The Morgan fingerprint density at radius 2 is 1.94 bits per heavy atom. The number of hydrogen-bond acceptors (Lipinski definition) is 1. The molecule has 0 amide bonds. The highest BCUT2D eigenvalue weighted by atomic mass is 127. The van der Waals surface area contributed by atoms with Gasteiger partial charge < -0.3 is 10.6 Å². The molecule has 94 valence electrons. The number of aliphatic imine (C=N–C) groups is 1. The lowest BCUT2D eigenvalue weighted by atomic mass is 9.81. The molecule has 0 aromatic heterocycles. The molecule has 0 saturated heterocycles. The van der Waals surface area contributed by atoms with Crippen molar-refractivity contribution in [1.82, 2.24) is 4.90 Å². The highest BCUT2D eigenvalue weighted by molar-refractivity contribution is 14.0. The highest BCUT2D eigenvalue weighted by Crippen LogP contribution is 2.48. The lowest BCUT2D eigenvalue weighted by molar-refractivity contribution is 0.273. The Labute approximate surface area is 116 Å². The summed E-state index contributed by atoms with van der Waals surface area (Å²) in [5.41, 5.74) is 5.98. The van der Waals surface area contributed by atoms with E-state index in [0.717, 1.165) is 30.9 Å². The monoisotopic (exact) mass is 337 g/mol. The van der Waals surface area contributed by atoms with Gasteiger partial charge in [0.15, 0.2) is 5.96 Å². The molecule has 3 nitrogen and oxygen atoms in total. The Morgan fingerprint density at radius 3 is 2.38 bits per heavy atom. The van der Waals surface area contributed by atoms with Gasteiger partial charge in [0, 0.05) is 13.1 Å². The second kappa shape index (κ2) is 6.07. The summed E-state index contributed by atoms with van der Waals surface area (Å²) in [4.78, 5) is 6.77. The smallest absolute Gasteiger partial charge is 0.191 e. The largest absolute Gasteiger partial charge is 0.370 e. The molecule has 2 atom stereocenters. The van der Waals surface area contributed by atoms with Crippen molar-refractivity contribution in [3.05, 3.63) is 0 Å². The minimum Gasteiger partial charge on any atom is -0.370 e. The van der Waals surface area contributed by atoms with Crippen LogP contribution in [0, 0.1) is 11.8 Å². The van der Waals surface area contributed by atoms with Crippen LogP contribution in [-0.2, 0) is 0 Å². The van der Waals surface area contributed by atoms with Gasteiger partial charge in [0.1, 0.15) is 0 Å². The fourth-order valence-corrected chi connectivity index (χ4v) is 2.52. The Hall–Kier alpha value is 0. The molecule has 0 aliphatic heterocycles. The maximum atomic E-state index is 5.98. The fraction of sp³-hybridized carbons (Fsp3) is 0.917. The Balaban J connectivity index is 0.00000128. The first-order valence-electron chi connectivity index (χ1n) is 6.34. The number of halogens is 1. The van der Waals surface area contributed by atoms with Gasteiger partial charge in [-0.25, -0.2) is 4.99 Å². The fourth-order valence-electron chi connectivity index (χ4n) is 2.52. The summed E-state index contributed by atoms with van der Waals surface area (Å²) in [5.74, 6) is 2.60. The van der Waals surface area contributed by atoms with E-state index in [0.29, 0.717) is 6.04 Å². The maximum Gasteiger partial charge on any atom is 0.191 e. The third-order valence-electron chi connectivity index (χ3n) is 3.95. The van der Waals surface area contributed by atoms with Crippen molar-refractivity contribution in [2.24, 2.45) is 22.6 Å². The highest BCUT2D eigenvalue weighted by Gasteiger charge is 2.45. The van der Waals surface area contributed by atoms with Crippen LogP contribution < -0.4 is 5.73 Å². The zero-order valence-corrected chi connectivity index (χ0v) is 12.7. The predicted octanol–water partition coefficient (Wildman–Crippen LogP) is 2.45. The van der Waals surface area contributed by atoms with Crippen molar-refractivity contribution in [2.45, 2.75) is 45.6 Å². The zero-order chi connectivity index (χ0) is 10.8. The minimum absolute atomic E-state index is 0. The van der Waals surface area contributed by atoms with Crippen molar-refractivity contribution in [3.8, 4) is 0 Å². The van der Waals surface area contributed by atoms with Crippen LogP contribution in [0.5, 0.6) is 0 Å². The molecule has 2 N–H and O–H groups in total. The van der Waals surface area contributed by atoms with Crippen LogP contribution in [0.2, 0.25) is 0 Å². The van der Waals surface area contributed by atoms with E-state index in [4.69, 9.17) is 5.73 Å². The topological polar surface area (TPSA) is 41.6 Å². The number of rotatable bonds is 4. The molecular weight excluding hydrogens is 313 g/mol. The molecule has 2 rings (SSSR count). The molecular formula is C12H24IN3. The van der Waals surface area contributed by atoms with Crippen LogP contribution in [0.25, 0.3) is 0 Å². The molecule has 0 bridgehead atoms. The second-order valence-electron chi connectivity index (χ2n) is 4.82. The zero-order valence-electron chi connectivity index (χ0n) is 10.4. The third kappa shape index (κ3) is 3.02. The van der Waals surface area contributed by atoms with Crippen LogP contribution in [0.3, 0.4) is 0 Å². The minimum atomic E-state index is 0. The molecule has 4 heteroatoms. The van der Waals surface area contributed by atoms with Gasteiger partial charge in [-0.3, -0.25) is 0 Å². The summed E-state index contributed by atoms with van der Waals surface area (Å²) in [5, 5.41) is 0. The van der Waals surface area contributed by atoms with Gasteiger partial charge >= 0.3 is 0 Å². The van der Waals surface area contributed by atoms with Crippen molar-refractivity contribution in [3.63, 3.8) is 0 Å². The lowest BCUT2D eigenvalue weighted by Gasteiger charge is -2.25. The van der Waals surface area contributed by atoms with Crippen LogP contribution in [-0.4, -0.2) is 30.0 Å². The average molecular weight is 337 g/mol. The quantitative estimate of drug-likeness (QED) is 0.486. The Morgan fingerprint density at radius 1 is 1.31 bits per heavy atom. The van der Waals surface area contributed by atoms with E-state index in [-0.39, 0.29) is 24.0 Å². The van der Waals surface area contributed by atoms with Gasteiger partial charge in [-0.05, 0) is 32.1 Å². The number of nitrogens with two attached hydrogens (primary N) is 1. The van der Waals surface area contributed by atoms with Gasteiger partial charge in [0.05, 0.1) is 6.04 Å². The van der Waals surface area contributed by atoms with E-state index in [1.54, 1.807) is 0 Å². The second-order valence-corrected chi connectivity index (χ2v) is 4.82. The van der Waals surface area contributed by atoms with Crippen LogP contribution in [0.4, 0.5) is 0 Å². The lowest BCUT2D eigenvalue weighted by Crippen LogP contribution is -2.37. The third-order valence-corrected chi connectivity index (χ3v) is 3.95. The van der Waals surface area contributed by atoms with Crippen molar-refractivity contribution < 1.29 is 0 Å². The molecule has 0 unspecified atom stereocenters. The van der Waals surface area contributed by atoms with Gasteiger partial charge in [0.25, 0.3) is 0 Å². The van der Waals surface area contributed by atoms with Gasteiger partial charge in [-0.1, -0.05) is 19.3 Å². The Bertz CT molecular complexity index is 247. The van der Waals surface area contributed by atoms with E-state index in [9.17, 15) is 0 Å². The van der Waals surface area contributed by atoms with E-state index in [1.165, 1.54) is 25.7 Å². The Kier molecular flexibility index (Phi) is 5.34. The van der Waals surface area contributed by atoms with Crippen LogP contribution in [0.1, 0.15) is 39.5 Å². The molecule has 0 spiro atoms. The SMILES string of the molecule is CCN(CC)C(N)=N[C@@H]1C[C@H]1C1CCC1.I. The van der Waals surface area contributed by atoms with E-state index < -0.39 is 0 Å². The number of nitrogens with zero attached hydrogens (tertiary/aromatic N) is 2. The molecule has 0 radical (unpaired) electrons. The molecule has 2 saturated carbocycles. The molecule has 2 fully saturated rings. The first-order valence-corrected chi connectivity index (χ1v) is 6.34. The maximum absolute atomic E-state index is 5.98. The summed E-state index contributed by atoms with van der Waals surface area (Å²) in [6.45, 7) is 6.18. The average Bonchev–Trinajstić information content (AvgIpc) is 2.83. The van der Waals surface area contributed by atoms with E-state index in [1.807, 2.05) is 0 Å². The summed E-state index contributed by atoms with van der Waals surface area (Å²) >= 11 is 0.